The second-order valence-electron chi connectivity index (χ2n) is 9.44. The normalized spacial score (nSPS) is 19.5. The summed E-state index contributed by atoms with van der Waals surface area (Å²) in [5, 5.41) is -1.42. The average Bonchev–Trinajstić information content (AvgIpc) is 2.89. The van der Waals surface area contributed by atoms with Crippen molar-refractivity contribution in [3.63, 3.8) is 0 Å². The summed E-state index contributed by atoms with van der Waals surface area (Å²) in [6.45, 7) is 2.66. The van der Waals surface area contributed by atoms with Crippen LogP contribution in [0.4, 0.5) is 0 Å². The summed E-state index contributed by atoms with van der Waals surface area (Å²) in [5.74, 6) is -3.30. The predicted molar refractivity (Wildman–Crippen MR) is 153 cm³/mol. The Hall–Kier alpha value is -2.31. The molecule has 0 spiro atoms. The molecule has 1 aliphatic carbocycles. The van der Waals surface area contributed by atoms with Crippen LogP contribution in [0.5, 0.6) is 0 Å². The lowest BCUT2D eigenvalue weighted by Gasteiger charge is -2.35. The highest BCUT2D eigenvalue weighted by Gasteiger charge is 2.43. The van der Waals surface area contributed by atoms with E-state index in [4.69, 9.17) is 0 Å². The quantitative estimate of drug-likeness (QED) is 0.223. The third-order valence-corrected chi connectivity index (χ3v) is 11.1. The lowest BCUT2D eigenvalue weighted by atomic mass is 9.76. The zero-order valence-corrected chi connectivity index (χ0v) is 25.5. The van der Waals surface area contributed by atoms with Gasteiger partial charge >= 0.3 is 0 Å². The molecule has 3 rings (SSSR count). The van der Waals surface area contributed by atoms with Gasteiger partial charge in [-0.25, -0.2) is 19.9 Å². The smallest absolute Gasteiger partial charge is 0.265 e. The number of ketones is 3. The molecule has 224 valence electrons. The molecule has 2 aromatic heterocycles. The predicted octanol–water partition coefficient (Wildman–Crippen LogP) is 2.68. The topological polar surface area (TPSA) is 212 Å². The van der Waals surface area contributed by atoms with Gasteiger partial charge in [-0.15, -0.1) is 11.8 Å². The molecule has 1 aliphatic rings. The van der Waals surface area contributed by atoms with Gasteiger partial charge in [0.25, 0.3) is 20.2 Å². The first-order valence-electron chi connectivity index (χ1n) is 12.5. The summed E-state index contributed by atoms with van der Waals surface area (Å²) in [5.41, 5.74) is 0.616. The highest BCUT2D eigenvalue weighted by molar-refractivity contribution is 8.00. The molecule has 41 heavy (non-hydrogen) atoms. The second kappa shape index (κ2) is 14.2. The van der Waals surface area contributed by atoms with Gasteiger partial charge in [-0.3, -0.25) is 23.5 Å². The van der Waals surface area contributed by atoms with Gasteiger partial charge in [0.15, 0.2) is 11.6 Å². The van der Waals surface area contributed by atoms with Crippen molar-refractivity contribution in [2.45, 2.75) is 43.6 Å². The van der Waals surface area contributed by atoms with Gasteiger partial charge in [0.1, 0.15) is 29.3 Å². The molecule has 4 atom stereocenters. The van der Waals surface area contributed by atoms with Crippen LogP contribution in [0.15, 0.2) is 24.7 Å². The first-order chi connectivity index (χ1) is 19.2. The van der Waals surface area contributed by atoms with Crippen LogP contribution in [0.2, 0.25) is 0 Å². The Kier molecular flexibility index (Phi) is 11.5. The minimum atomic E-state index is -4.28. The van der Waals surface area contributed by atoms with E-state index in [1.807, 2.05) is 0 Å². The van der Waals surface area contributed by atoms with Gasteiger partial charge in [-0.1, -0.05) is 6.42 Å². The number of nitrogens with zero attached hydrogens (tertiary/aromatic N) is 4. The number of carbonyl (C=O) groups excluding carboxylic acids is 3. The molecule has 2 N–H and O–H groups in total. The van der Waals surface area contributed by atoms with Gasteiger partial charge in [0, 0.05) is 43.4 Å². The molecule has 13 nitrogen and oxygen atoms in total. The van der Waals surface area contributed by atoms with E-state index < -0.39 is 54.1 Å². The third kappa shape index (κ3) is 9.89. The van der Waals surface area contributed by atoms with Crippen LogP contribution in [0.3, 0.4) is 0 Å². The van der Waals surface area contributed by atoms with Gasteiger partial charge < -0.3 is 0 Å². The Morgan fingerprint density at radius 3 is 2.02 bits per heavy atom. The standard InChI is InChI=1S/C24H30N4O9S4/c1-14(29)18-6-7-25-24(28-18)23(39-9-11-41(35,36)37)17-5-3-4-16(21(17)31)22(38-8-10-40(32,33)34)20-12-19(15(2)30)26-13-27-20/h6-7,12-13,16-17,22-23H,3-5,8-11H2,1-2H3,(H,32,33,34)(H,35,36,37). The number of aromatic nitrogens is 4. The molecule has 0 amide bonds. The lowest BCUT2D eigenvalue weighted by Crippen LogP contribution is -2.35. The molecule has 0 bridgehead atoms. The Morgan fingerprint density at radius 1 is 0.902 bits per heavy atom. The number of carbonyl (C=O) groups is 3. The van der Waals surface area contributed by atoms with E-state index in [0.717, 1.165) is 23.5 Å². The minimum Gasteiger partial charge on any atom is -0.299 e. The molecule has 1 fully saturated rings. The SMILES string of the molecule is CC(=O)c1cc(C(SCCS(=O)(=O)O)C2CCCC(C(SCCS(=O)(=O)O)c3nccc(C(C)=O)n3)C2=O)ncn1. The summed E-state index contributed by atoms with van der Waals surface area (Å²) in [6, 6.07) is 2.89. The maximum Gasteiger partial charge on any atom is 0.265 e. The molecule has 1 saturated carbocycles. The summed E-state index contributed by atoms with van der Waals surface area (Å²) < 4.78 is 64.0. The molecule has 0 aromatic carbocycles. The van der Waals surface area contributed by atoms with E-state index in [-0.39, 0.29) is 46.1 Å². The number of Topliss-reactive ketones (excluding diaryl/α,β-unsaturated/α-hetero) is 3. The molecular formula is C24H30N4O9S4. The van der Waals surface area contributed by atoms with Crippen molar-refractivity contribution in [1.82, 2.24) is 19.9 Å². The van der Waals surface area contributed by atoms with Gasteiger partial charge in [-0.05, 0) is 25.0 Å². The highest BCUT2D eigenvalue weighted by atomic mass is 32.2. The molecule has 0 aliphatic heterocycles. The van der Waals surface area contributed by atoms with Crippen molar-refractivity contribution >= 4 is 61.1 Å². The van der Waals surface area contributed by atoms with Crippen LogP contribution in [-0.2, 0) is 25.0 Å². The first kappa shape index (κ1) is 33.2. The van der Waals surface area contributed by atoms with E-state index in [2.05, 4.69) is 19.9 Å². The summed E-state index contributed by atoms with van der Waals surface area (Å²) >= 11 is 2.20. The number of hydrogen-bond acceptors (Lipinski definition) is 13. The summed E-state index contributed by atoms with van der Waals surface area (Å²) in [7, 11) is -8.55. The van der Waals surface area contributed by atoms with Crippen molar-refractivity contribution in [2.75, 3.05) is 23.0 Å². The van der Waals surface area contributed by atoms with Crippen molar-refractivity contribution in [3.05, 3.63) is 47.6 Å². The number of thioether (sulfide) groups is 2. The number of hydrogen-bond donors (Lipinski definition) is 2. The highest BCUT2D eigenvalue weighted by Crippen LogP contribution is 2.48. The molecule has 4 unspecified atom stereocenters. The molecule has 2 aromatic rings. The number of rotatable bonds is 14. The monoisotopic (exact) mass is 646 g/mol. The van der Waals surface area contributed by atoms with E-state index in [9.17, 15) is 40.3 Å². The van der Waals surface area contributed by atoms with E-state index >= 15 is 0 Å². The van der Waals surface area contributed by atoms with Crippen LogP contribution in [0.1, 0.15) is 76.1 Å². The van der Waals surface area contributed by atoms with Crippen molar-refractivity contribution in [1.29, 1.82) is 0 Å². The van der Waals surface area contributed by atoms with Crippen molar-refractivity contribution in [2.24, 2.45) is 11.8 Å². The summed E-state index contributed by atoms with van der Waals surface area (Å²) in [6.07, 6.45) is 4.00. The summed E-state index contributed by atoms with van der Waals surface area (Å²) in [4.78, 5) is 54.9. The lowest BCUT2D eigenvalue weighted by molar-refractivity contribution is -0.129. The zero-order chi connectivity index (χ0) is 30.4. The Morgan fingerprint density at radius 2 is 1.46 bits per heavy atom. The Labute approximate surface area is 246 Å². The van der Waals surface area contributed by atoms with E-state index in [1.54, 1.807) is 0 Å². The van der Waals surface area contributed by atoms with Crippen LogP contribution >= 0.6 is 23.5 Å². The fourth-order valence-electron chi connectivity index (χ4n) is 4.48. The average molecular weight is 647 g/mol. The fourth-order valence-corrected chi connectivity index (χ4v) is 9.01. The maximum absolute atomic E-state index is 14.1. The van der Waals surface area contributed by atoms with E-state index in [0.29, 0.717) is 25.0 Å². The van der Waals surface area contributed by atoms with Crippen LogP contribution < -0.4 is 0 Å². The zero-order valence-electron chi connectivity index (χ0n) is 22.2. The Bertz CT molecular complexity index is 1390. The van der Waals surface area contributed by atoms with Crippen molar-refractivity contribution in [3.8, 4) is 0 Å². The minimum absolute atomic E-state index is 0.0480. The van der Waals surface area contributed by atoms with Crippen LogP contribution in [0, 0.1) is 11.8 Å². The van der Waals surface area contributed by atoms with Gasteiger partial charge in [0.05, 0.1) is 27.7 Å². The van der Waals surface area contributed by atoms with E-state index in [1.165, 1.54) is 38.5 Å². The second-order valence-corrected chi connectivity index (χ2v) is 15.1. The largest absolute Gasteiger partial charge is 0.299 e. The molecular weight excluding hydrogens is 617 g/mol. The van der Waals surface area contributed by atoms with Gasteiger partial charge in [0.2, 0.25) is 0 Å². The molecule has 0 radical (unpaired) electrons. The van der Waals surface area contributed by atoms with Crippen LogP contribution in [0.25, 0.3) is 0 Å². The maximum atomic E-state index is 14.1. The first-order valence-corrected chi connectivity index (χ1v) is 17.8. The molecule has 0 saturated heterocycles. The Balaban J connectivity index is 1.99. The third-order valence-electron chi connectivity index (χ3n) is 6.40. The van der Waals surface area contributed by atoms with Gasteiger partial charge in [-0.2, -0.15) is 28.6 Å². The van der Waals surface area contributed by atoms with Crippen LogP contribution in [-0.4, -0.2) is 86.2 Å². The molecule has 17 heteroatoms. The van der Waals surface area contributed by atoms with Crippen molar-refractivity contribution < 1.29 is 40.3 Å². The fraction of sp³-hybridized carbons (Fsp3) is 0.542. The molecule has 2 heterocycles.